The van der Waals surface area contributed by atoms with Crippen LogP contribution in [0.5, 0.6) is 0 Å². The van der Waals surface area contributed by atoms with Gasteiger partial charge in [-0.25, -0.2) is 4.98 Å². The molecule has 0 saturated heterocycles. The monoisotopic (exact) mass is 204 g/mol. The van der Waals surface area contributed by atoms with Crippen LogP contribution >= 0.6 is 0 Å². The van der Waals surface area contributed by atoms with Crippen LogP contribution in [0.3, 0.4) is 0 Å². The lowest BCUT2D eigenvalue weighted by atomic mass is 9.96. The summed E-state index contributed by atoms with van der Waals surface area (Å²) in [4.78, 5) is 16.0. The van der Waals surface area contributed by atoms with Gasteiger partial charge in [-0.1, -0.05) is 26.8 Å². The molecule has 0 aromatic carbocycles. The molecule has 0 unspecified atom stereocenters. The van der Waals surface area contributed by atoms with Crippen molar-refractivity contribution in [3.05, 3.63) is 23.9 Å². The SMILES string of the molecule is BCc1cccc(NC(=O)C(C)(C)C)n1. The second-order valence-electron chi connectivity index (χ2n) is 4.57. The van der Waals surface area contributed by atoms with Gasteiger partial charge in [-0.05, 0) is 18.5 Å². The van der Waals surface area contributed by atoms with Crippen molar-refractivity contribution in [2.75, 3.05) is 5.32 Å². The molecule has 1 rings (SSSR count). The van der Waals surface area contributed by atoms with Gasteiger partial charge in [0.05, 0.1) is 0 Å². The molecule has 1 aromatic rings. The first-order chi connectivity index (χ1) is 6.93. The van der Waals surface area contributed by atoms with E-state index in [2.05, 4.69) is 10.3 Å². The summed E-state index contributed by atoms with van der Waals surface area (Å²) in [5.74, 6) is 0.623. The summed E-state index contributed by atoms with van der Waals surface area (Å²) in [5.41, 5.74) is 0.603. The van der Waals surface area contributed by atoms with Gasteiger partial charge in [-0.3, -0.25) is 4.79 Å². The van der Waals surface area contributed by atoms with E-state index in [1.54, 1.807) is 0 Å². The lowest BCUT2D eigenvalue weighted by molar-refractivity contribution is -0.123. The van der Waals surface area contributed by atoms with Crippen LogP contribution in [0.15, 0.2) is 18.2 Å². The van der Waals surface area contributed by atoms with Crippen LogP contribution < -0.4 is 5.32 Å². The number of pyridine rings is 1. The van der Waals surface area contributed by atoms with E-state index in [1.807, 2.05) is 46.8 Å². The van der Waals surface area contributed by atoms with Crippen LogP contribution in [0, 0.1) is 5.41 Å². The van der Waals surface area contributed by atoms with E-state index in [0.717, 1.165) is 12.0 Å². The Morgan fingerprint density at radius 1 is 1.47 bits per heavy atom. The first-order valence-corrected chi connectivity index (χ1v) is 5.21. The number of rotatable bonds is 2. The topological polar surface area (TPSA) is 42.0 Å². The van der Waals surface area contributed by atoms with Gasteiger partial charge >= 0.3 is 0 Å². The molecule has 4 heteroatoms. The maximum atomic E-state index is 11.7. The maximum Gasteiger partial charge on any atom is 0.230 e. The van der Waals surface area contributed by atoms with E-state index < -0.39 is 0 Å². The molecule has 0 bridgehead atoms. The number of carbonyl (C=O) groups excluding carboxylic acids is 1. The Bertz CT molecular complexity index is 358. The van der Waals surface area contributed by atoms with Gasteiger partial charge in [-0.15, -0.1) is 0 Å². The molecule has 15 heavy (non-hydrogen) atoms. The van der Waals surface area contributed by atoms with Crippen molar-refractivity contribution in [2.45, 2.75) is 27.1 Å². The zero-order valence-electron chi connectivity index (χ0n) is 9.79. The standard InChI is InChI=1S/C11H17BN2O/c1-11(2,3)10(15)14-9-6-4-5-8(7-12)13-9/h4-6H,7,12H2,1-3H3,(H,13,14,15). The van der Waals surface area contributed by atoms with Gasteiger partial charge < -0.3 is 5.32 Å². The van der Waals surface area contributed by atoms with Gasteiger partial charge in [0.25, 0.3) is 0 Å². The van der Waals surface area contributed by atoms with E-state index in [9.17, 15) is 4.79 Å². The lowest BCUT2D eigenvalue weighted by Crippen LogP contribution is -2.28. The van der Waals surface area contributed by atoms with Crippen LogP contribution in [-0.2, 0) is 11.1 Å². The third-order valence-corrected chi connectivity index (χ3v) is 2.09. The number of hydrogen-bond donors (Lipinski definition) is 1. The Kier molecular flexibility index (Phi) is 3.50. The van der Waals surface area contributed by atoms with Crippen molar-refractivity contribution >= 4 is 19.6 Å². The van der Waals surface area contributed by atoms with Crippen molar-refractivity contribution in [3.8, 4) is 0 Å². The normalized spacial score (nSPS) is 11.1. The molecule has 0 aliphatic heterocycles. The summed E-state index contributed by atoms with van der Waals surface area (Å²) in [5, 5.41) is 2.81. The predicted molar refractivity (Wildman–Crippen MR) is 64.6 cm³/mol. The quantitative estimate of drug-likeness (QED) is 0.735. The molecular formula is C11H17BN2O. The van der Waals surface area contributed by atoms with Gasteiger partial charge in [0.1, 0.15) is 13.7 Å². The fourth-order valence-electron chi connectivity index (χ4n) is 1.05. The van der Waals surface area contributed by atoms with E-state index in [1.165, 1.54) is 0 Å². The van der Waals surface area contributed by atoms with Crippen molar-refractivity contribution in [1.82, 2.24) is 4.98 Å². The zero-order valence-corrected chi connectivity index (χ0v) is 9.79. The Morgan fingerprint density at radius 3 is 2.67 bits per heavy atom. The summed E-state index contributed by atoms with van der Waals surface area (Å²) < 4.78 is 0. The smallest absolute Gasteiger partial charge is 0.230 e. The van der Waals surface area contributed by atoms with Gasteiger partial charge in [0, 0.05) is 11.1 Å². The summed E-state index contributed by atoms with van der Waals surface area (Å²) in [6.45, 7) is 5.64. The number of nitrogens with zero attached hydrogens (tertiary/aromatic N) is 1. The fraction of sp³-hybridized carbons (Fsp3) is 0.455. The number of nitrogens with one attached hydrogen (secondary N) is 1. The highest BCUT2D eigenvalue weighted by Crippen LogP contribution is 2.16. The maximum absolute atomic E-state index is 11.7. The third-order valence-electron chi connectivity index (χ3n) is 2.09. The van der Waals surface area contributed by atoms with E-state index in [-0.39, 0.29) is 11.3 Å². The molecule has 3 nitrogen and oxygen atoms in total. The van der Waals surface area contributed by atoms with Crippen molar-refractivity contribution in [1.29, 1.82) is 0 Å². The van der Waals surface area contributed by atoms with Crippen molar-refractivity contribution in [2.24, 2.45) is 5.41 Å². The Balaban J connectivity index is 2.77. The minimum Gasteiger partial charge on any atom is -0.310 e. The molecule has 1 aromatic heterocycles. The zero-order chi connectivity index (χ0) is 11.5. The Hall–Kier alpha value is -1.32. The fourth-order valence-corrected chi connectivity index (χ4v) is 1.05. The molecule has 1 amide bonds. The molecule has 80 valence electrons. The summed E-state index contributed by atoms with van der Waals surface area (Å²) >= 11 is 0. The number of amides is 1. The van der Waals surface area contributed by atoms with E-state index in [0.29, 0.717) is 5.82 Å². The molecule has 1 N–H and O–H groups in total. The van der Waals surface area contributed by atoms with E-state index in [4.69, 9.17) is 0 Å². The highest BCUT2D eigenvalue weighted by atomic mass is 16.2. The predicted octanol–water partition coefficient (Wildman–Crippen LogP) is 1.20. The average molecular weight is 204 g/mol. The number of hydrogen-bond acceptors (Lipinski definition) is 2. The molecule has 0 spiro atoms. The molecular weight excluding hydrogens is 187 g/mol. The molecule has 0 saturated carbocycles. The lowest BCUT2D eigenvalue weighted by Gasteiger charge is -2.17. The Morgan fingerprint density at radius 2 is 2.13 bits per heavy atom. The molecule has 0 aliphatic rings. The minimum absolute atomic E-state index is 0.0109. The highest BCUT2D eigenvalue weighted by Gasteiger charge is 2.21. The van der Waals surface area contributed by atoms with Gasteiger partial charge in [-0.2, -0.15) is 0 Å². The summed E-state index contributed by atoms with van der Waals surface area (Å²) in [6, 6.07) is 5.67. The van der Waals surface area contributed by atoms with E-state index >= 15 is 0 Å². The first kappa shape index (κ1) is 11.8. The summed E-state index contributed by atoms with van der Waals surface area (Å²) in [6.07, 6.45) is 0.874. The second-order valence-corrected chi connectivity index (χ2v) is 4.57. The molecule has 1 heterocycles. The van der Waals surface area contributed by atoms with Crippen molar-refractivity contribution < 1.29 is 4.79 Å². The third kappa shape index (κ3) is 3.38. The van der Waals surface area contributed by atoms with Gasteiger partial charge in [0.2, 0.25) is 5.91 Å². The average Bonchev–Trinajstić information content (AvgIpc) is 2.16. The summed E-state index contributed by atoms with van der Waals surface area (Å²) in [7, 11) is 2.04. The largest absolute Gasteiger partial charge is 0.310 e. The number of anilines is 1. The second kappa shape index (κ2) is 4.47. The van der Waals surface area contributed by atoms with Gasteiger partial charge in [0.15, 0.2) is 0 Å². The van der Waals surface area contributed by atoms with Crippen molar-refractivity contribution in [3.63, 3.8) is 0 Å². The van der Waals surface area contributed by atoms with Crippen LogP contribution in [0.4, 0.5) is 5.82 Å². The Labute approximate surface area is 91.7 Å². The highest BCUT2D eigenvalue weighted by molar-refractivity contribution is 6.08. The van der Waals surface area contributed by atoms with Crippen LogP contribution in [0.2, 0.25) is 0 Å². The molecule has 0 fully saturated rings. The molecule has 0 atom stereocenters. The van der Waals surface area contributed by atoms with Crippen LogP contribution in [0.25, 0.3) is 0 Å². The van der Waals surface area contributed by atoms with Crippen LogP contribution in [0.1, 0.15) is 26.5 Å². The molecule has 0 aliphatic carbocycles. The minimum atomic E-state index is -0.385. The number of carbonyl (C=O) groups is 1. The number of aromatic nitrogens is 1. The van der Waals surface area contributed by atoms with Crippen LogP contribution in [-0.4, -0.2) is 18.7 Å². The first-order valence-electron chi connectivity index (χ1n) is 5.21. The molecule has 0 radical (unpaired) electrons.